The summed E-state index contributed by atoms with van der Waals surface area (Å²) in [7, 11) is 0. The number of carbonyl (C=O) groups is 1. The van der Waals surface area contributed by atoms with E-state index in [1.165, 1.54) is 0 Å². The maximum absolute atomic E-state index is 12.1. The molecule has 1 aliphatic heterocycles. The van der Waals surface area contributed by atoms with E-state index in [2.05, 4.69) is 5.32 Å². The number of rotatable bonds is 5. The minimum absolute atomic E-state index is 0. The minimum Gasteiger partial charge on any atom is -0.491 e. The molecule has 3 N–H and O–H groups in total. The zero-order valence-electron chi connectivity index (χ0n) is 13.2. The molecule has 1 aromatic rings. The Bertz CT molecular complexity index is 482. The van der Waals surface area contributed by atoms with Crippen molar-refractivity contribution in [3.8, 4) is 5.75 Å². The van der Waals surface area contributed by atoms with Gasteiger partial charge in [-0.2, -0.15) is 0 Å². The molecule has 1 aliphatic rings. The second kappa shape index (κ2) is 8.36. The number of hydrogen-bond acceptors (Lipinski definition) is 4. The van der Waals surface area contributed by atoms with Gasteiger partial charge in [0.2, 0.25) is 5.91 Å². The van der Waals surface area contributed by atoms with E-state index in [4.69, 9.17) is 15.2 Å². The van der Waals surface area contributed by atoms with Crippen molar-refractivity contribution < 1.29 is 14.3 Å². The Morgan fingerprint density at radius 2 is 1.91 bits per heavy atom. The molecular formula is C16H25ClN2O3. The third-order valence-electron chi connectivity index (χ3n) is 3.88. The molecule has 1 saturated heterocycles. The number of ether oxygens (including phenoxy) is 2. The molecule has 0 radical (unpaired) electrons. The summed E-state index contributed by atoms with van der Waals surface area (Å²) in [5.74, 6) is 0.774. The molecule has 1 heterocycles. The van der Waals surface area contributed by atoms with E-state index in [-0.39, 0.29) is 18.3 Å². The molecule has 1 fully saturated rings. The molecule has 1 amide bonds. The van der Waals surface area contributed by atoms with E-state index in [0.717, 1.165) is 16.9 Å². The maximum Gasteiger partial charge on any atom is 0.240 e. The van der Waals surface area contributed by atoms with Crippen LogP contribution < -0.4 is 15.8 Å². The average molecular weight is 329 g/mol. The molecule has 22 heavy (non-hydrogen) atoms. The summed E-state index contributed by atoms with van der Waals surface area (Å²) < 4.78 is 11.0. The van der Waals surface area contributed by atoms with Gasteiger partial charge in [0.1, 0.15) is 12.4 Å². The molecule has 0 atom stereocenters. The molecule has 6 heteroatoms. The molecule has 2 rings (SSSR count). The average Bonchev–Trinajstić information content (AvgIpc) is 2.46. The van der Waals surface area contributed by atoms with Crippen LogP contribution in [-0.2, 0) is 9.53 Å². The number of halogens is 1. The molecule has 0 unspecified atom stereocenters. The van der Waals surface area contributed by atoms with Crippen LogP contribution >= 0.6 is 12.4 Å². The molecule has 0 bridgehead atoms. The molecule has 5 nitrogen and oxygen atoms in total. The molecule has 1 aromatic carbocycles. The van der Waals surface area contributed by atoms with Crippen LogP contribution in [-0.4, -0.2) is 37.8 Å². The van der Waals surface area contributed by atoms with Crippen LogP contribution in [0.25, 0.3) is 0 Å². The van der Waals surface area contributed by atoms with Crippen LogP contribution in [0.2, 0.25) is 0 Å². The van der Waals surface area contributed by atoms with E-state index >= 15 is 0 Å². The third kappa shape index (κ3) is 4.60. The largest absolute Gasteiger partial charge is 0.491 e. The number of benzene rings is 1. The number of nitrogens with one attached hydrogen (secondary N) is 1. The SMILES string of the molecule is Cc1cccc(C)c1OCCNC(=O)C1(N)CCOCC1.Cl. The van der Waals surface area contributed by atoms with Crippen LogP contribution in [0.3, 0.4) is 0 Å². The van der Waals surface area contributed by atoms with Crippen molar-refractivity contribution in [2.45, 2.75) is 32.2 Å². The summed E-state index contributed by atoms with van der Waals surface area (Å²) in [6, 6.07) is 6.03. The predicted molar refractivity (Wildman–Crippen MR) is 88.6 cm³/mol. The van der Waals surface area contributed by atoms with Gasteiger partial charge in [-0.15, -0.1) is 12.4 Å². The number of carbonyl (C=O) groups excluding carboxylic acids is 1. The van der Waals surface area contributed by atoms with Crippen molar-refractivity contribution in [1.29, 1.82) is 0 Å². The molecule has 0 saturated carbocycles. The van der Waals surface area contributed by atoms with Gasteiger partial charge in [0, 0.05) is 13.2 Å². The van der Waals surface area contributed by atoms with Crippen LogP contribution in [0.15, 0.2) is 18.2 Å². The highest BCUT2D eigenvalue weighted by Gasteiger charge is 2.35. The number of para-hydroxylation sites is 1. The first kappa shape index (κ1) is 18.7. The Labute approximate surface area is 138 Å². The summed E-state index contributed by atoms with van der Waals surface area (Å²) in [4.78, 5) is 12.1. The van der Waals surface area contributed by atoms with E-state index in [1.807, 2.05) is 32.0 Å². The van der Waals surface area contributed by atoms with Gasteiger partial charge in [0.05, 0.1) is 12.1 Å². The van der Waals surface area contributed by atoms with Crippen molar-refractivity contribution >= 4 is 18.3 Å². The van der Waals surface area contributed by atoms with Gasteiger partial charge >= 0.3 is 0 Å². The standard InChI is InChI=1S/C16H24N2O3.ClH/c1-12-4-3-5-13(2)14(12)21-11-8-18-15(19)16(17)6-9-20-10-7-16;/h3-5H,6-11,17H2,1-2H3,(H,18,19);1H. The van der Waals surface area contributed by atoms with E-state index in [9.17, 15) is 4.79 Å². The Morgan fingerprint density at radius 1 is 1.32 bits per heavy atom. The highest BCUT2D eigenvalue weighted by atomic mass is 35.5. The third-order valence-corrected chi connectivity index (χ3v) is 3.88. The highest BCUT2D eigenvalue weighted by Crippen LogP contribution is 2.22. The Morgan fingerprint density at radius 3 is 2.50 bits per heavy atom. The molecular weight excluding hydrogens is 304 g/mol. The van der Waals surface area contributed by atoms with Crippen LogP contribution in [0.4, 0.5) is 0 Å². The first-order valence-corrected chi connectivity index (χ1v) is 7.37. The smallest absolute Gasteiger partial charge is 0.240 e. The number of hydrogen-bond donors (Lipinski definition) is 2. The number of amides is 1. The lowest BCUT2D eigenvalue weighted by atomic mass is 9.90. The monoisotopic (exact) mass is 328 g/mol. The Kier molecular flexibility index (Phi) is 7.13. The van der Waals surface area contributed by atoms with Gasteiger partial charge in [0.15, 0.2) is 0 Å². The summed E-state index contributed by atoms with van der Waals surface area (Å²) in [6.45, 7) is 6.00. The summed E-state index contributed by atoms with van der Waals surface area (Å²) in [5, 5.41) is 2.86. The summed E-state index contributed by atoms with van der Waals surface area (Å²) in [5.41, 5.74) is 7.51. The lowest BCUT2D eigenvalue weighted by Gasteiger charge is -2.31. The van der Waals surface area contributed by atoms with Gasteiger partial charge < -0.3 is 20.5 Å². The van der Waals surface area contributed by atoms with E-state index < -0.39 is 5.54 Å². The molecule has 0 spiro atoms. The van der Waals surface area contributed by atoms with Crippen LogP contribution in [0, 0.1) is 13.8 Å². The topological polar surface area (TPSA) is 73.6 Å². The quantitative estimate of drug-likeness (QED) is 0.807. The second-order valence-electron chi connectivity index (χ2n) is 5.59. The van der Waals surface area contributed by atoms with Crippen molar-refractivity contribution in [2.75, 3.05) is 26.4 Å². The highest BCUT2D eigenvalue weighted by molar-refractivity contribution is 5.86. The van der Waals surface area contributed by atoms with Gasteiger partial charge in [-0.05, 0) is 37.8 Å². The van der Waals surface area contributed by atoms with Gasteiger partial charge in [-0.3, -0.25) is 4.79 Å². The lowest BCUT2D eigenvalue weighted by molar-refractivity contribution is -0.129. The molecule has 124 valence electrons. The van der Waals surface area contributed by atoms with E-state index in [1.54, 1.807) is 0 Å². The van der Waals surface area contributed by atoms with Crippen molar-refractivity contribution in [2.24, 2.45) is 5.73 Å². The summed E-state index contributed by atoms with van der Waals surface area (Å²) >= 11 is 0. The maximum atomic E-state index is 12.1. The predicted octanol–water partition coefficient (Wildman–Crippen LogP) is 1.73. The Hall–Kier alpha value is -1.30. The van der Waals surface area contributed by atoms with Crippen LogP contribution in [0.5, 0.6) is 5.75 Å². The van der Waals surface area contributed by atoms with Crippen molar-refractivity contribution in [3.63, 3.8) is 0 Å². The van der Waals surface area contributed by atoms with Gasteiger partial charge in [0.25, 0.3) is 0 Å². The minimum atomic E-state index is -0.795. The van der Waals surface area contributed by atoms with Crippen molar-refractivity contribution in [1.82, 2.24) is 5.32 Å². The van der Waals surface area contributed by atoms with E-state index in [0.29, 0.717) is 39.2 Å². The fourth-order valence-corrected chi connectivity index (χ4v) is 2.48. The number of aryl methyl sites for hydroxylation is 2. The fourth-order valence-electron chi connectivity index (χ4n) is 2.48. The van der Waals surface area contributed by atoms with Crippen molar-refractivity contribution in [3.05, 3.63) is 29.3 Å². The van der Waals surface area contributed by atoms with Gasteiger partial charge in [-0.1, -0.05) is 18.2 Å². The van der Waals surface area contributed by atoms with Crippen LogP contribution in [0.1, 0.15) is 24.0 Å². The fraction of sp³-hybridized carbons (Fsp3) is 0.562. The number of nitrogens with two attached hydrogens (primary N) is 1. The normalized spacial score (nSPS) is 16.5. The first-order valence-electron chi connectivity index (χ1n) is 7.37. The van der Waals surface area contributed by atoms with Gasteiger partial charge in [-0.25, -0.2) is 0 Å². The summed E-state index contributed by atoms with van der Waals surface area (Å²) in [6.07, 6.45) is 1.13. The zero-order valence-corrected chi connectivity index (χ0v) is 14.0. The molecule has 0 aliphatic carbocycles. The lowest BCUT2D eigenvalue weighted by Crippen LogP contribution is -2.57. The zero-order chi connectivity index (χ0) is 15.3. The molecule has 0 aromatic heterocycles. The first-order chi connectivity index (χ1) is 10.0. The Balaban J connectivity index is 0.00000242. The second-order valence-corrected chi connectivity index (χ2v) is 5.59.